The number of guanidine groups is 1. The van der Waals surface area contributed by atoms with Crippen LogP contribution in [0.1, 0.15) is 59.2 Å². The van der Waals surface area contributed by atoms with E-state index in [1.165, 1.54) is 6.33 Å². The minimum atomic E-state index is -0.469. The van der Waals surface area contributed by atoms with Crippen LogP contribution in [0.4, 0.5) is 4.79 Å². The van der Waals surface area contributed by atoms with Gasteiger partial charge < -0.3 is 20.7 Å². The van der Waals surface area contributed by atoms with Gasteiger partial charge in [0.1, 0.15) is 24.3 Å². The van der Waals surface area contributed by atoms with Crippen LogP contribution in [0.5, 0.6) is 0 Å². The number of rotatable bonds is 5. The van der Waals surface area contributed by atoms with Gasteiger partial charge in [-0.25, -0.2) is 14.8 Å². The highest BCUT2D eigenvalue weighted by molar-refractivity contribution is 5.80. The molecule has 0 atom stereocenters. The molecule has 1 amide bonds. The molecule has 1 aliphatic carbocycles. The van der Waals surface area contributed by atoms with Gasteiger partial charge in [0.15, 0.2) is 5.96 Å². The van der Waals surface area contributed by atoms with E-state index in [1.807, 2.05) is 34.7 Å². The lowest BCUT2D eigenvalue weighted by Gasteiger charge is -2.31. The SMILES string of the molecule is CCNC(=NCc1ncnn1C)NC1CCC(NC(=O)OC(C)(C)C)CC1. The Labute approximate surface area is 161 Å². The van der Waals surface area contributed by atoms with Crippen LogP contribution < -0.4 is 16.0 Å². The molecule has 0 spiro atoms. The summed E-state index contributed by atoms with van der Waals surface area (Å²) >= 11 is 0. The first kappa shape index (κ1) is 21.0. The van der Waals surface area contributed by atoms with E-state index in [1.54, 1.807) is 4.68 Å². The molecule has 1 aromatic heterocycles. The van der Waals surface area contributed by atoms with Crippen LogP contribution in [0.2, 0.25) is 0 Å². The normalized spacial score (nSPS) is 20.9. The summed E-state index contributed by atoms with van der Waals surface area (Å²) in [4.78, 5) is 20.7. The molecular weight excluding hydrogens is 346 g/mol. The summed E-state index contributed by atoms with van der Waals surface area (Å²) in [5.74, 6) is 1.60. The van der Waals surface area contributed by atoms with Gasteiger partial charge in [0.05, 0.1) is 0 Å². The third kappa shape index (κ3) is 7.44. The maximum atomic E-state index is 11.9. The van der Waals surface area contributed by atoms with E-state index in [0.29, 0.717) is 12.6 Å². The number of ether oxygens (including phenoxy) is 1. The summed E-state index contributed by atoms with van der Waals surface area (Å²) in [6, 6.07) is 0.495. The van der Waals surface area contributed by atoms with Gasteiger partial charge in [-0.2, -0.15) is 5.10 Å². The quantitative estimate of drug-likeness (QED) is 0.531. The topological polar surface area (TPSA) is 105 Å². The molecule has 3 N–H and O–H groups in total. The second-order valence-corrected chi connectivity index (χ2v) is 7.83. The molecule has 1 aromatic rings. The highest BCUT2D eigenvalue weighted by Crippen LogP contribution is 2.19. The Morgan fingerprint density at radius 3 is 2.41 bits per heavy atom. The summed E-state index contributed by atoms with van der Waals surface area (Å²) in [6.45, 7) is 8.92. The van der Waals surface area contributed by atoms with Crippen molar-refractivity contribution in [3.8, 4) is 0 Å². The molecule has 0 aliphatic heterocycles. The van der Waals surface area contributed by atoms with Crippen molar-refractivity contribution in [3.63, 3.8) is 0 Å². The summed E-state index contributed by atoms with van der Waals surface area (Å²) in [5.41, 5.74) is -0.469. The predicted octanol–water partition coefficient (Wildman–Crippen LogP) is 1.71. The zero-order valence-corrected chi connectivity index (χ0v) is 17.1. The number of hydrogen-bond donors (Lipinski definition) is 3. The number of hydrogen-bond acceptors (Lipinski definition) is 5. The van der Waals surface area contributed by atoms with Crippen molar-refractivity contribution < 1.29 is 9.53 Å². The number of aliphatic imine (C=N–C) groups is 1. The monoisotopic (exact) mass is 379 g/mol. The Morgan fingerprint density at radius 1 is 1.26 bits per heavy atom. The molecule has 0 saturated heterocycles. The average Bonchev–Trinajstić information content (AvgIpc) is 2.98. The zero-order chi connectivity index (χ0) is 19.9. The highest BCUT2D eigenvalue weighted by Gasteiger charge is 2.25. The highest BCUT2D eigenvalue weighted by atomic mass is 16.6. The van der Waals surface area contributed by atoms with Crippen molar-refractivity contribution in [2.45, 2.75) is 77.6 Å². The largest absolute Gasteiger partial charge is 0.444 e. The lowest BCUT2D eigenvalue weighted by atomic mass is 9.91. The second kappa shape index (κ2) is 9.57. The first-order valence-electron chi connectivity index (χ1n) is 9.64. The van der Waals surface area contributed by atoms with E-state index in [2.05, 4.69) is 31.0 Å². The molecule has 1 saturated carbocycles. The average molecular weight is 380 g/mol. The lowest BCUT2D eigenvalue weighted by Crippen LogP contribution is -2.48. The van der Waals surface area contributed by atoms with Crippen molar-refractivity contribution >= 4 is 12.1 Å². The van der Waals surface area contributed by atoms with Crippen LogP contribution >= 0.6 is 0 Å². The molecule has 2 rings (SSSR count). The molecule has 0 aromatic carbocycles. The zero-order valence-electron chi connectivity index (χ0n) is 17.1. The van der Waals surface area contributed by atoms with Gasteiger partial charge in [-0.15, -0.1) is 0 Å². The van der Waals surface area contributed by atoms with Crippen LogP contribution in [0.25, 0.3) is 0 Å². The molecule has 9 nitrogen and oxygen atoms in total. The van der Waals surface area contributed by atoms with Crippen LogP contribution in [-0.4, -0.2) is 51.0 Å². The van der Waals surface area contributed by atoms with E-state index in [9.17, 15) is 4.79 Å². The van der Waals surface area contributed by atoms with Crippen molar-refractivity contribution in [2.24, 2.45) is 12.0 Å². The molecule has 152 valence electrons. The minimum Gasteiger partial charge on any atom is -0.444 e. The standard InChI is InChI=1S/C18H33N7O2/c1-6-19-16(20-11-15-21-12-22-25(15)5)23-13-7-9-14(10-8-13)24-17(26)27-18(2,3)4/h12-14H,6-11H2,1-5H3,(H,24,26)(H2,19,20,23). The van der Waals surface area contributed by atoms with Gasteiger partial charge >= 0.3 is 6.09 Å². The van der Waals surface area contributed by atoms with E-state index >= 15 is 0 Å². The fourth-order valence-corrected chi connectivity index (χ4v) is 2.98. The van der Waals surface area contributed by atoms with E-state index < -0.39 is 5.60 Å². The first-order valence-corrected chi connectivity index (χ1v) is 9.64. The Bertz CT molecular complexity index is 628. The van der Waals surface area contributed by atoms with Crippen molar-refractivity contribution in [3.05, 3.63) is 12.2 Å². The van der Waals surface area contributed by atoms with Gasteiger partial charge in [-0.3, -0.25) is 4.68 Å². The van der Waals surface area contributed by atoms with Gasteiger partial charge in [0.25, 0.3) is 0 Å². The third-order valence-electron chi connectivity index (χ3n) is 4.32. The van der Waals surface area contributed by atoms with Crippen LogP contribution in [0.3, 0.4) is 0 Å². The molecule has 0 unspecified atom stereocenters. The molecule has 0 bridgehead atoms. The number of amides is 1. The van der Waals surface area contributed by atoms with Gasteiger partial charge in [-0.1, -0.05) is 0 Å². The number of carbonyl (C=O) groups is 1. The summed E-state index contributed by atoms with van der Waals surface area (Å²) in [5, 5.41) is 13.8. The minimum absolute atomic E-state index is 0.163. The molecular formula is C18H33N7O2. The van der Waals surface area contributed by atoms with Gasteiger partial charge in [0, 0.05) is 25.7 Å². The smallest absolute Gasteiger partial charge is 0.407 e. The van der Waals surface area contributed by atoms with E-state index in [0.717, 1.165) is 44.0 Å². The molecule has 0 radical (unpaired) electrons. The van der Waals surface area contributed by atoms with Crippen molar-refractivity contribution in [1.29, 1.82) is 0 Å². The fourth-order valence-electron chi connectivity index (χ4n) is 2.98. The van der Waals surface area contributed by atoms with Gasteiger partial charge in [-0.05, 0) is 53.4 Å². The number of carbonyl (C=O) groups excluding carboxylic acids is 1. The number of aromatic nitrogens is 3. The molecule has 1 aliphatic rings. The number of nitrogens with one attached hydrogen (secondary N) is 3. The number of nitrogens with zero attached hydrogens (tertiary/aromatic N) is 4. The van der Waals surface area contributed by atoms with Crippen LogP contribution in [0, 0.1) is 0 Å². The number of aryl methyl sites for hydroxylation is 1. The van der Waals surface area contributed by atoms with E-state index in [-0.39, 0.29) is 12.1 Å². The van der Waals surface area contributed by atoms with Gasteiger partial charge in [0.2, 0.25) is 0 Å². The Hall–Kier alpha value is -2.32. The summed E-state index contributed by atoms with van der Waals surface area (Å²) in [7, 11) is 1.86. The molecule has 1 heterocycles. The third-order valence-corrected chi connectivity index (χ3v) is 4.32. The summed E-state index contributed by atoms with van der Waals surface area (Å²) < 4.78 is 7.06. The molecule has 9 heteroatoms. The Kier molecular flexibility index (Phi) is 7.44. The van der Waals surface area contributed by atoms with Crippen LogP contribution in [-0.2, 0) is 18.3 Å². The first-order chi connectivity index (χ1) is 12.8. The lowest BCUT2D eigenvalue weighted by molar-refractivity contribution is 0.0490. The van der Waals surface area contributed by atoms with Crippen molar-refractivity contribution in [1.82, 2.24) is 30.7 Å². The van der Waals surface area contributed by atoms with Crippen molar-refractivity contribution in [2.75, 3.05) is 6.54 Å². The maximum absolute atomic E-state index is 11.9. The molecule has 27 heavy (non-hydrogen) atoms. The maximum Gasteiger partial charge on any atom is 0.407 e. The summed E-state index contributed by atoms with van der Waals surface area (Å²) in [6.07, 6.45) is 4.96. The number of alkyl carbamates (subject to hydrolysis) is 1. The fraction of sp³-hybridized carbons (Fsp3) is 0.778. The van der Waals surface area contributed by atoms with Crippen LogP contribution in [0.15, 0.2) is 11.3 Å². The second-order valence-electron chi connectivity index (χ2n) is 7.83. The Morgan fingerprint density at radius 2 is 1.89 bits per heavy atom. The van der Waals surface area contributed by atoms with E-state index in [4.69, 9.17) is 4.74 Å². The molecule has 1 fully saturated rings. The predicted molar refractivity (Wildman–Crippen MR) is 104 cm³/mol. The Balaban J connectivity index is 1.80.